The monoisotopic (exact) mass is 253 g/mol. The number of rotatable bonds is 1. The van der Waals surface area contributed by atoms with Crippen molar-refractivity contribution in [2.75, 3.05) is 0 Å². The third-order valence-electron chi connectivity index (χ3n) is 3.85. The Balaban J connectivity index is 2.40. The lowest BCUT2D eigenvalue weighted by Crippen LogP contribution is -2.46. The predicted molar refractivity (Wildman–Crippen MR) is 69.0 cm³/mol. The molecule has 1 aliphatic carbocycles. The van der Waals surface area contributed by atoms with Crippen LogP contribution in [0, 0.1) is 23.0 Å². The first-order chi connectivity index (χ1) is 8.20. The van der Waals surface area contributed by atoms with E-state index in [2.05, 4.69) is 20.8 Å². The van der Waals surface area contributed by atoms with Gasteiger partial charge in [-0.15, -0.1) is 0 Å². The molecule has 1 nitrogen and oxygen atoms in total. The quantitative estimate of drug-likeness (QED) is 0.805. The molecular weight excluding hydrogens is 232 g/mol. The van der Waals surface area contributed by atoms with Crippen LogP contribution in [-0.4, -0.2) is 0 Å². The summed E-state index contributed by atoms with van der Waals surface area (Å²) in [7, 11) is 0. The van der Waals surface area contributed by atoms with Crippen LogP contribution in [0.15, 0.2) is 18.2 Å². The largest absolute Gasteiger partial charge is 0.321 e. The molecule has 100 valence electrons. The van der Waals surface area contributed by atoms with Crippen molar-refractivity contribution >= 4 is 0 Å². The van der Waals surface area contributed by atoms with Crippen LogP contribution in [0.5, 0.6) is 0 Å². The Morgan fingerprint density at radius 2 is 1.67 bits per heavy atom. The molecule has 0 amide bonds. The van der Waals surface area contributed by atoms with Gasteiger partial charge in [0.2, 0.25) is 0 Å². The van der Waals surface area contributed by atoms with Crippen LogP contribution in [0.1, 0.15) is 45.6 Å². The molecule has 0 radical (unpaired) electrons. The van der Waals surface area contributed by atoms with Crippen molar-refractivity contribution in [2.45, 2.75) is 45.6 Å². The normalized spacial score (nSPS) is 31.3. The van der Waals surface area contributed by atoms with Crippen molar-refractivity contribution in [2.24, 2.45) is 17.1 Å². The van der Waals surface area contributed by atoms with Crippen molar-refractivity contribution < 1.29 is 8.78 Å². The van der Waals surface area contributed by atoms with Gasteiger partial charge in [0.1, 0.15) is 11.6 Å². The fourth-order valence-electron chi connectivity index (χ4n) is 3.70. The van der Waals surface area contributed by atoms with Gasteiger partial charge >= 0.3 is 0 Å². The molecule has 0 aliphatic heterocycles. The van der Waals surface area contributed by atoms with Gasteiger partial charge in [0, 0.05) is 11.6 Å². The standard InChI is InChI=1S/C15H21F2N/c1-10-7-14(2,3)9-15(18,8-10)11-4-12(16)6-13(17)5-11/h4-6,10H,7-9,18H2,1-3H3. The number of hydrogen-bond donors (Lipinski definition) is 1. The van der Waals surface area contributed by atoms with E-state index in [0.717, 1.165) is 25.3 Å². The average Bonchev–Trinajstić information content (AvgIpc) is 2.11. The van der Waals surface area contributed by atoms with Crippen molar-refractivity contribution in [1.29, 1.82) is 0 Å². The van der Waals surface area contributed by atoms with Gasteiger partial charge < -0.3 is 5.73 Å². The molecule has 1 aliphatic rings. The lowest BCUT2D eigenvalue weighted by molar-refractivity contribution is 0.107. The van der Waals surface area contributed by atoms with Gasteiger partial charge in [0.15, 0.2) is 0 Å². The van der Waals surface area contributed by atoms with Gasteiger partial charge in [-0.2, -0.15) is 0 Å². The molecule has 2 N–H and O–H groups in total. The molecule has 18 heavy (non-hydrogen) atoms. The van der Waals surface area contributed by atoms with Crippen molar-refractivity contribution in [1.82, 2.24) is 0 Å². The maximum atomic E-state index is 13.3. The molecule has 0 bridgehead atoms. The zero-order valence-corrected chi connectivity index (χ0v) is 11.3. The highest BCUT2D eigenvalue weighted by Crippen LogP contribution is 2.47. The van der Waals surface area contributed by atoms with Crippen LogP contribution in [0.2, 0.25) is 0 Å². The summed E-state index contributed by atoms with van der Waals surface area (Å²) >= 11 is 0. The van der Waals surface area contributed by atoms with E-state index in [-0.39, 0.29) is 5.41 Å². The molecule has 0 aromatic heterocycles. The third-order valence-corrected chi connectivity index (χ3v) is 3.85. The Morgan fingerprint density at radius 1 is 1.11 bits per heavy atom. The molecule has 0 spiro atoms. The second-order valence-corrected chi connectivity index (χ2v) is 6.67. The summed E-state index contributed by atoms with van der Waals surface area (Å²) in [5.74, 6) is -0.637. The van der Waals surface area contributed by atoms with Crippen LogP contribution < -0.4 is 5.73 Å². The molecule has 0 saturated heterocycles. The number of nitrogens with two attached hydrogens (primary N) is 1. The van der Waals surface area contributed by atoms with Gasteiger partial charge in [-0.05, 0) is 48.3 Å². The maximum Gasteiger partial charge on any atom is 0.126 e. The van der Waals surface area contributed by atoms with E-state index in [9.17, 15) is 8.78 Å². The lowest BCUT2D eigenvalue weighted by Gasteiger charge is -2.46. The first-order valence-electron chi connectivity index (χ1n) is 6.46. The smallest absolute Gasteiger partial charge is 0.126 e. The van der Waals surface area contributed by atoms with E-state index < -0.39 is 17.2 Å². The van der Waals surface area contributed by atoms with Crippen molar-refractivity contribution in [3.63, 3.8) is 0 Å². The molecule has 1 saturated carbocycles. The second-order valence-electron chi connectivity index (χ2n) is 6.67. The highest BCUT2D eigenvalue weighted by Gasteiger charge is 2.41. The molecule has 2 atom stereocenters. The third kappa shape index (κ3) is 2.72. The molecular formula is C15H21F2N. The SMILES string of the molecule is CC1CC(C)(C)CC(N)(c2cc(F)cc(F)c2)C1. The number of hydrogen-bond acceptors (Lipinski definition) is 1. The zero-order chi connectivity index (χ0) is 13.6. The highest BCUT2D eigenvalue weighted by atomic mass is 19.1. The van der Waals surface area contributed by atoms with Crippen LogP contribution in [0.4, 0.5) is 8.78 Å². The topological polar surface area (TPSA) is 26.0 Å². The zero-order valence-electron chi connectivity index (χ0n) is 11.3. The first-order valence-corrected chi connectivity index (χ1v) is 6.46. The molecule has 3 heteroatoms. The summed E-state index contributed by atoms with van der Waals surface area (Å²) in [6.45, 7) is 6.48. The Morgan fingerprint density at radius 3 is 2.17 bits per heavy atom. The van der Waals surface area contributed by atoms with E-state index in [1.54, 1.807) is 0 Å². The summed E-state index contributed by atoms with van der Waals surface area (Å²) in [6, 6.07) is 3.64. The molecule has 1 aromatic rings. The van der Waals surface area contributed by atoms with E-state index in [1.165, 1.54) is 12.1 Å². The number of benzene rings is 1. The Bertz CT molecular complexity index is 436. The van der Waals surface area contributed by atoms with Crippen LogP contribution >= 0.6 is 0 Å². The highest BCUT2D eigenvalue weighted by molar-refractivity contribution is 5.27. The summed E-state index contributed by atoms with van der Waals surface area (Å²) in [5.41, 5.74) is 6.52. The fourth-order valence-corrected chi connectivity index (χ4v) is 3.70. The fraction of sp³-hybridized carbons (Fsp3) is 0.600. The lowest BCUT2D eigenvalue weighted by atomic mass is 9.62. The molecule has 1 aromatic carbocycles. The van der Waals surface area contributed by atoms with Crippen molar-refractivity contribution in [3.05, 3.63) is 35.4 Å². The van der Waals surface area contributed by atoms with Crippen LogP contribution in [0.25, 0.3) is 0 Å². The van der Waals surface area contributed by atoms with Gasteiger partial charge in [-0.3, -0.25) is 0 Å². The molecule has 1 fully saturated rings. The van der Waals surface area contributed by atoms with Gasteiger partial charge in [0.05, 0.1) is 0 Å². The second kappa shape index (κ2) is 4.30. The van der Waals surface area contributed by atoms with E-state index >= 15 is 0 Å². The minimum Gasteiger partial charge on any atom is -0.321 e. The molecule has 2 unspecified atom stereocenters. The van der Waals surface area contributed by atoms with Gasteiger partial charge in [-0.1, -0.05) is 20.8 Å². The maximum absolute atomic E-state index is 13.3. The summed E-state index contributed by atoms with van der Waals surface area (Å²) in [5, 5.41) is 0. The van der Waals surface area contributed by atoms with Crippen LogP contribution in [0.3, 0.4) is 0 Å². The minimum absolute atomic E-state index is 0.106. The molecule has 2 rings (SSSR count). The Hall–Kier alpha value is -0.960. The van der Waals surface area contributed by atoms with E-state index in [0.29, 0.717) is 11.5 Å². The number of halogens is 2. The van der Waals surface area contributed by atoms with Crippen LogP contribution in [-0.2, 0) is 5.54 Å². The Labute approximate surface area is 107 Å². The van der Waals surface area contributed by atoms with Gasteiger partial charge in [0.25, 0.3) is 0 Å². The minimum atomic E-state index is -0.621. The predicted octanol–water partition coefficient (Wildman–Crippen LogP) is 3.97. The molecule has 0 heterocycles. The summed E-state index contributed by atoms with van der Waals surface area (Å²) < 4.78 is 26.7. The average molecular weight is 253 g/mol. The van der Waals surface area contributed by atoms with E-state index in [1.807, 2.05) is 0 Å². The summed E-state index contributed by atoms with van der Waals surface area (Å²) in [4.78, 5) is 0. The first kappa shape index (κ1) is 13.5. The van der Waals surface area contributed by atoms with Crippen molar-refractivity contribution in [3.8, 4) is 0 Å². The van der Waals surface area contributed by atoms with Gasteiger partial charge in [-0.25, -0.2) is 8.78 Å². The Kier molecular flexibility index (Phi) is 3.22. The summed E-state index contributed by atoms with van der Waals surface area (Å²) in [6.07, 6.45) is 2.64. The van der Waals surface area contributed by atoms with E-state index in [4.69, 9.17) is 5.73 Å².